The first-order valence-corrected chi connectivity index (χ1v) is 10.4. The molecule has 2 N–H and O–H groups in total. The van der Waals surface area contributed by atoms with Crippen LogP contribution in [0.1, 0.15) is 10.4 Å². The summed E-state index contributed by atoms with van der Waals surface area (Å²) >= 11 is 10.2. The molecule has 0 fully saturated rings. The fourth-order valence-corrected chi connectivity index (χ4v) is 4.12. The molecule has 0 atom stereocenters. The van der Waals surface area contributed by atoms with Gasteiger partial charge in [-0.1, -0.05) is 41.1 Å². The predicted molar refractivity (Wildman–Crippen MR) is 120 cm³/mol. The molecule has 2 aromatic carbocycles. The number of aromatic hydroxyl groups is 1. The van der Waals surface area contributed by atoms with E-state index in [0.717, 1.165) is 32.7 Å². The first-order valence-electron chi connectivity index (χ1n) is 8.45. The largest absolute Gasteiger partial charge is 0.493 e. The van der Waals surface area contributed by atoms with Gasteiger partial charge in [-0.05, 0) is 46.3 Å². The van der Waals surface area contributed by atoms with E-state index in [0.29, 0.717) is 20.1 Å². The third kappa shape index (κ3) is 4.05. The molecule has 0 aliphatic carbocycles. The monoisotopic (exact) mass is 489 g/mol. The molecule has 1 amide bonds. The van der Waals surface area contributed by atoms with Crippen molar-refractivity contribution in [2.24, 2.45) is 4.99 Å². The zero-order valence-corrected chi connectivity index (χ0v) is 17.9. The van der Waals surface area contributed by atoms with Crippen molar-refractivity contribution in [2.45, 2.75) is 6.54 Å². The van der Waals surface area contributed by atoms with Crippen molar-refractivity contribution in [1.29, 1.82) is 0 Å². The molecule has 4 rings (SSSR count). The number of hydrogen-bond donors (Lipinski definition) is 2. The maximum atomic E-state index is 12.3. The van der Waals surface area contributed by atoms with Gasteiger partial charge in [0, 0.05) is 27.5 Å². The lowest BCUT2D eigenvalue weighted by molar-refractivity contribution is -0.116. The Kier molecular flexibility index (Phi) is 5.40. The molecule has 9 heteroatoms. The van der Waals surface area contributed by atoms with Crippen LogP contribution in [0.15, 0.2) is 56.7 Å². The van der Waals surface area contributed by atoms with Crippen LogP contribution in [0.3, 0.4) is 0 Å². The third-order valence-corrected chi connectivity index (χ3v) is 6.39. The van der Waals surface area contributed by atoms with Crippen LogP contribution in [-0.2, 0) is 11.3 Å². The molecule has 1 aliphatic rings. The van der Waals surface area contributed by atoms with Crippen LogP contribution in [0.25, 0.3) is 11.6 Å². The van der Waals surface area contributed by atoms with E-state index in [1.54, 1.807) is 30.5 Å². The zero-order valence-electron chi connectivity index (χ0n) is 14.7. The van der Waals surface area contributed by atoms with Gasteiger partial charge in [-0.2, -0.15) is 0 Å². The van der Waals surface area contributed by atoms with E-state index in [-0.39, 0.29) is 12.4 Å². The Morgan fingerprint density at radius 2 is 2.10 bits per heavy atom. The summed E-state index contributed by atoms with van der Waals surface area (Å²) in [6.07, 6.45) is 3.38. The number of para-hydroxylation sites is 1. The molecule has 0 radical (unpaired) electrons. The van der Waals surface area contributed by atoms with Gasteiger partial charge in [0.2, 0.25) is 11.8 Å². The predicted octanol–water partition coefficient (Wildman–Crippen LogP) is 4.93. The first-order chi connectivity index (χ1) is 13.9. The molecular weight excluding hydrogens is 478 g/mol. The number of anilines is 1. The number of nitrogens with zero attached hydrogens (tertiary/aromatic N) is 2. The van der Waals surface area contributed by atoms with Crippen LogP contribution in [0.4, 0.5) is 11.4 Å². The molecule has 0 bridgehead atoms. The van der Waals surface area contributed by atoms with Crippen LogP contribution in [0.2, 0.25) is 5.02 Å². The number of aromatic nitrogens is 1. The molecule has 146 valence electrons. The SMILES string of the molecule is O=C(Cn1c(O)c(C=C2C=Nc3ccccc32)sc1=O)Nc1ccc(Br)c(Cl)c1. The molecule has 0 saturated carbocycles. The summed E-state index contributed by atoms with van der Waals surface area (Å²) in [4.78, 5) is 28.9. The second-order valence-electron chi connectivity index (χ2n) is 6.19. The molecule has 0 saturated heterocycles. The van der Waals surface area contributed by atoms with Crippen molar-refractivity contribution in [3.05, 3.63) is 72.1 Å². The summed E-state index contributed by atoms with van der Waals surface area (Å²) < 4.78 is 1.74. The Labute approximate surface area is 182 Å². The lowest BCUT2D eigenvalue weighted by Gasteiger charge is -2.07. The van der Waals surface area contributed by atoms with Gasteiger partial charge in [0.1, 0.15) is 6.54 Å². The number of thiazole rings is 1. The van der Waals surface area contributed by atoms with E-state index in [1.165, 1.54) is 0 Å². The van der Waals surface area contributed by atoms with Crippen molar-refractivity contribution in [2.75, 3.05) is 5.32 Å². The van der Waals surface area contributed by atoms with Crippen molar-refractivity contribution in [3.8, 4) is 5.88 Å². The second kappa shape index (κ2) is 7.98. The fourth-order valence-electron chi connectivity index (χ4n) is 2.86. The van der Waals surface area contributed by atoms with Gasteiger partial charge >= 0.3 is 4.87 Å². The molecule has 0 spiro atoms. The maximum Gasteiger partial charge on any atom is 0.311 e. The minimum Gasteiger partial charge on any atom is -0.493 e. The molecule has 6 nitrogen and oxygen atoms in total. The second-order valence-corrected chi connectivity index (χ2v) is 8.45. The van der Waals surface area contributed by atoms with Crippen LogP contribution in [-0.4, -0.2) is 21.8 Å². The lowest BCUT2D eigenvalue weighted by Crippen LogP contribution is -2.24. The Bertz CT molecular complexity index is 1250. The first kappa shape index (κ1) is 19.6. The van der Waals surface area contributed by atoms with E-state index in [1.807, 2.05) is 24.3 Å². The van der Waals surface area contributed by atoms with Crippen molar-refractivity contribution >= 4 is 74.0 Å². The maximum absolute atomic E-state index is 12.3. The Hall–Kier alpha value is -2.68. The number of benzene rings is 2. The summed E-state index contributed by atoms with van der Waals surface area (Å²) in [7, 11) is 0. The van der Waals surface area contributed by atoms with Crippen molar-refractivity contribution in [1.82, 2.24) is 4.57 Å². The topological polar surface area (TPSA) is 83.7 Å². The lowest BCUT2D eigenvalue weighted by atomic mass is 10.1. The molecule has 1 aromatic heterocycles. The van der Waals surface area contributed by atoms with E-state index in [4.69, 9.17) is 11.6 Å². The molecule has 29 heavy (non-hydrogen) atoms. The fraction of sp³-hybridized carbons (Fsp3) is 0.0500. The molecule has 1 aliphatic heterocycles. The average molecular weight is 491 g/mol. The van der Waals surface area contributed by atoms with Gasteiger partial charge in [0.25, 0.3) is 0 Å². The third-order valence-electron chi connectivity index (χ3n) is 4.24. The van der Waals surface area contributed by atoms with Crippen LogP contribution in [0.5, 0.6) is 5.88 Å². The summed E-state index contributed by atoms with van der Waals surface area (Å²) in [5.41, 5.74) is 3.03. The molecule has 2 heterocycles. The number of aliphatic imine (C=N–C) groups is 1. The Morgan fingerprint density at radius 1 is 1.31 bits per heavy atom. The van der Waals surface area contributed by atoms with Gasteiger partial charge in [0.05, 0.1) is 15.6 Å². The number of rotatable bonds is 4. The highest BCUT2D eigenvalue weighted by Crippen LogP contribution is 2.34. The standard InChI is InChI=1S/C20H13BrClN3O3S/c21-14-6-5-12(8-15(14)22)24-18(26)10-25-19(27)17(29-20(25)28)7-11-9-23-16-4-2-1-3-13(11)16/h1-9,27H,10H2,(H,24,26). The number of fused-ring (bicyclic) bond motifs is 1. The van der Waals surface area contributed by atoms with Crippen LogP contribution in [0, 0.1) is 0 Å². The summed E-state index contributed by atoms with van der Waals surface area (Å²) in [6.45, 7) is -0.317. The average Bonchev–Trinajstić information content (AvgIpc) is 3.21. The Balaban J connectivity index is 1.56. The van der Waals surface area contributed by atoms with Gasteiger partial charge in [0.15, 0.2) is 0 Å². The minimum atomic E-state index is -0.453. The highest BCUT2D eigenvalue weighted by atomic mass is 79.9. The number of halogens is 2. The van der Waals surface area contributed by atoms with Crippen LogP contribution < -0.4 is 10.2 Å². The normalized spacial score (nSPS) is 13.7. The molecular formula is C20H13BrClN3O3S. The molecule has 0 unspecified atom stereocenters. The van der Waals surface area contributed by atoms with Gasteiger partial charge in [-0.3, -0.25) is 19.1 Å². The minimum absolute atomic E-state index is 0.255. The zero-order chi connectivity index (χ0) is 20.5. The van der Waals surface area contributed by atoms with E-state index in [2.05, 4.69) is 26.2 Å². The van der Waals surface area contributed by atoms with E-state index >= 15 is 0 Å². The van der Waals surface area contributed by atoms with Crippen molar-refractivity contribution < 1.29 is 9.90 Å². The van der Waals surface area contributed by atoms with Gasteiger partial charge in [-0.15, -0.1) is 0 Å². The summed E-state index contributed by atoms with van der Waals surface area (Å²) in [5.74, 6) is -0.708. The smallest absolute Gasteiger partial charge is 0.311 e. The van der Waals surface area contributed by atoms with Gasteiger partial charge in [-0.25, -0.2) is 0 Å². The number of allylic oxidation sites excluding steroid dienone is 1. The number of carbonyl (C=O) groups is 1. The number of nitrogens with one attached hydrogen (secondary N) is 1. The summed E-state index contributed by atoms with van der Waals surface area (Å²) in [6, 6.07) is 12.6. The number of amides is 1. The van der Waals surface area contributed by atoms with E-state index in [9.17, 15) is 14.7 Å². The Morgan fingerprint density at radius 3 is 2.90 bits per heavy atom. The number of carbonyl (C=O) groups excluding carboxylic acids is 1. The summed E-state index contributed by atoms with van der Waals surface area (Å²) in [5, 5.41) is 13.6. The van der Waals surface area contributed by atoms with Crippen molar-refractivity contribution in [3.63, 3.8) is 0 Å². The molecule has 3 aromatic rings. The highest BCUT2D eigenvalue weighted by Gasteiger charge is 2.18. The number of hydrogen-bond acceptors (Lipinski definition) is 5. The quantitative estimate of drug-likeness (QED) is 0.544. The van der Waals surface area contributed by atoms with Crippen LogP contribution >= 0.6 is 38.9 Å². The highest BCUT2D eigenvalue weighted by molar-refractivity contribution is 9.10. The van der Waals surface area contributed by atoms with E-state index < -0.39 is 10.8 Å². The van der Waals surface area contributed by atoms with Gasteiger partial charge < -0.3 is 10.4 Å².